The molecule has 0 radical (unpaired) electrons. The van der Waals surface area contributed by atoms with Crippen molar-refractivity contribution in [3.8, 4) is 0 Å². The number of unbranched alkanes of at least 4 members (excludes halogenated alkanes) is 4. The molecule has 1 aromatic rings. The third kappa shape index (κ3) is 52.6. The molecule has 10 nitrogen and oxygen atoms in total. The third-order valence-electron chi connectivity index (χ3n) is 8.61. The number of aromatic nitrogens is 1. The molecule has 0 aromatic carbocycles. The van der Waals surface area contributed by atoms with Crippen molar-refractivity contribution in [1.82, 2.24) is 4.98 Å². The van der Waals surface area contributed by atoms with Crippen LogP contribution in [0.25, 0.3) is 0 Å². The highest BCUT2D eigenvalue weighted by Crippen LogP contribution is 2.06. The molecule has 0 aliphatic carbocycles. The maximum atomic E-state index is 11.2. The summed E-state index contributed by atoms with van der Waals surface area (Å²) in [5.41, 5.74) is 1.19. The molecule has 1 aliphatic rings. The van der Waals surface area contributed by atoms with Crippen LogP contribution in [0.15, 0.2) is 146 Å². The summed E-state index contributed by atoms with van der Waals surface area (Å²) < 4.78 is 9.05. The van der Waals surface area contributed by atoms with E-state index in [0.717, 1.165) is 103 Å². The molecule has 2 N–H and O–H groups in total. The number of esters is 3. The number of pyridine rings is 1. The van der Waals surface area contributed by atoms with Gasteiger partial charge in [0, 0.05) is 38.8 Å². The fraction of sp³-hybridized carbons (Fsp3) is 0.473. The number of cyclic esters (lactones) is 2. The molecule has 0 saturated carbocycles. The number of carbonyl (C=O) groups is 4. The third-order valence-corrected chi connectivity index (χ3v) is 8.61. The topological polar surface area (TPSA) is 143 Å². The van der Waals surface area contributed by atoms with Crippen LogP contribution in [0, 0.1) is 0 Å². The number of anilines is 1. The van der Waals surface area contributed by atoms with Gasteiger partial charge in [0.1, 0.15) is 0 Å². The monoisotopic (exact) mass is 899 g/mol. The molecular weight excluding hydrogens is 817 g/mol. The van der Waals surface area contributed by atoms with Gasteiger partial charge in [0.15, 0.2) is 0 Å². The molecule has 0 atom stereocenters. The molecule has 1 aliphatic heterocycles. The number of carbonyl (C=O) groups excluding carboxylic acids is 3. The predicted octanol–water partition coefficient (Wildman–Crippen LogP) is 13.2. The number of hydrogen-bond acceptors (Lipinski definition) is 9. The predicted molar refractivity (Wildman–Crippen MR) is 270 cm³/mol. The van der Waals surface area contributed by atoms with E-state index in [9.17, 15) is 19.2 Å². The van der Waals surface area contributed by atoms with Crippen LogP contribution in [0.1, 0.15) is 142 Å². The largest absolute Gasteiger partial charge is 0.481 e. The van der Waals surface area contributed by atoms with Crippen LogP contribution in [0.4, 0.5) is 5.69 Å². The maximum absolute atomic E-state index is 11.2. The molecule has 1 aromatic heterocycles. The number of hydrogen-bond donors (Lipinski definition) is 2. The summed E-state index contributed by atoms with van der Waals surface area (Å²) in [6.45, 7) is 4.97. The first-order valence-electron chi connectivity index (χ1n) is 23.5. The van der Waals surface area contributed by atoms with Crippen molar-refractivity contribution in [2.24, 2.45) is 0 Å². The van der Waals surface area contributed by atoms with E-state index in [-0.39, 0.29) is 25.7 Å². The van der Waals surface area contributed by atoms with E-state index in [1.807, 2.05) is 31.1 Å². The number of nitrogens with zero attached hydrogens (tertiary/aromatic N) is 2. The quantitative estimate of drug-likeness (QED) is 0.0320. The zero-order valence-electron chi connectivity index (χ0n) is 40.2. The highest BCUT2D eigenvalue weighted by atomic mass is 16.6. The molecule has 0 spiro atoms. The smallest absolute Gasteiger partial charge is 0.314 e. The van der Waals surface area contributed by atoms with Gasteiger partial charge in [-0.05, 0) is 115 Å². The Hall–Kier alpha value is -5.61. The van der Waals surface area contributed by atoms with Crippen LogP contribution < -0.4 is 4.90 Å². The Bertz CT molecular complexity index is 1600. The van der Waals surface area contributed by atoms with E-state index >= 15 is 0 Å². The number of carboxylic acid groups (broad SMARTS) is 1. The first-order chi connectivity index (χ1) is 31.7. The van der Waals surface area contributed by atoms with Gasteiger partial charge in [-0.15, -0.1) is 0 Å². The summed E-state index contributed by atoms with van der Waals surface area (Å²) in [5.74, 6) is -2.21. The summed E-state index contributed by atoms with van der Waals surface area (Å²) >= 11 is 0. The second-order valence-electron chi connectivity index (χ2n) is 14.7. The van der Waals surface area contributed by atoms with Gasteiger partial charge in [-0.3, -0.25) is 24.2 Å². The van der Waals surface area contributed by atoms with Crippen LogP contribution in [-0.2, 0) is 28.7 Å². The van der Waals surface area contributed by atoms with E-state index < -0.39 is 23.9 Å². The minimum Gasteiger partial charge on any atom is -0.481 e. The summed E-state index contributed by atoms with van der Waals surface area (Å²) in [7, 11) is 4.02. The van der Waals surface area contributed by atoms with Crippen molar-refractivity contribution < 1.29 is 38.9 Å². The zero-order valence-corrected chi connectivity index (χ0v) is 40.2. The van der Waals surface area contributed by atoms with Crippen LogP contribution in [-0.4, -0.2) is 66.4 Å². The Balaban J connectivity index is 0. The van der Waals surface area contributed by atoms with Gasteiger partial charge in [-0.25, -0.2) is 0 Å². The van der Waals surface area contributed by atoms with E-state index in [1.165, 1.54) is 5.69 Å². The van der Waals surface area contributed by atoms with Crippen molar-refractivity contribution in [2.45, 2.75) is 142 Å². The normalized spacial score (nSPS) is 12.9. The fourth-order valence-corrected chi connectivity index (χ4v) is 5.02. The molecule has 0 bridgehead atoms. The molecule has 0 amide bonds. The Morgan fingerprint density at radius 2 is 0.954 bits per heavy atom. The van der Waals surface area contributed by atoms with Crippen molar-refractivity contribution in [1.29, 1.82) is 0 Å². The van der Waals surface area contributed by atoms with Crippen molar-refractivity contribution >= 4 is 29.6 Å². The van der Waals surface area contributed by atoms with Gasteiger partial charge in [0.2, 0.25) is 0 Å². The molecule has 360 valence electrons. The second kappa shape index (κ2) is 51.0. The summed E-state index contributed by atoms with van der Waals surface area (Å²) in [6.07, 6.45) is 63.7. The maximum Gasteiger partial charge on any atom is 0.314 e. The number of aliphatic carboxylic acids is 1. The Morgan fingerprint density at radius 1 is 0.585 bits per heavy atom. The van der Waals surface area contributed by atoms with Crippen molar-refractivity contribution in [2.75, 3.05) is 32.2 Å². The minimum atomic E-state index is -0.977. The van der Waals surface area contributed by atoms with E-state index in [4.69, 9.17) is 14.9 Å². The average Bonchev–Trinajstić information content (AvgIpc) is 3.69. The summed E-state index contributed by atoms with van der Waals surface area (Å²) in [4.78, 5) is 47.5. The van der Waals surface area contributed by atoms with Gasteiger partial charge in [-0.1, -0.05) is 135 Å². The second-order valence-corrected chi connectivity index (χ2v) is 14.7. The lowest BCUT2D eigenvalue weighted by molar-refractivity contribution is -0.152. The van der Waals surface area contributed by atoms with Gasteiger partial charge in [0.25, 0.3) is 0 Å². The molecule has 2 rings (SSSR count). The van der Waals surface area contributed by atoms with Crippen LogP contribution >= 0.6 is 0 Å². The number of rotatable bonds is 31. The number of aliphatic hydroxyl groups is 1. The van der Waals surface area contributed by atoms with Crippen LogP contribution in [0.5, 0.6) is 0 Å². The fourth-order valence-electron chi connectivity index (χ4n) is 5.02. The molecule has 2 heterocycles. The van der Waals surface area contributed by atoms with E-state index in [0.29, 0.717) is 13.2 Å². The molecule has 65 heavy (non-hydrogen) atoms. The van der Waals surface area contributed by atoms with Gasteiger partial charge < -0.3 is 24.6 Å². The minimum absolute atomic E-state index is 0.0515. The Kier molecular flexibility index (Phi) is 48.3. The Morgan fingerprint density at radius 3 is 1.26 bits per heavy atom. The van der Waals surface area contributed by atoms with Crippen molar-refractivity contribution in [3.63, 3.8) is 0 Å². The highest BCUT2D eigenvalue weighted by molar-refractivity contribution is 5.92. The first-order valence-corrected chi connectivity index (χ1v) is 23.5. The lowest BCUT2D eigenvalue weighted by atomic mass is 10.2. The number of aliphatic hydroxyl groups excluding tert-OH is 1. The molecule has 10 heteroatoms. The molecule has 1 fully saturated rings. The van der Waals surface area contributed by atoms with Crippen LogP contribution in [0.2, 0.25) is 0 Å². The van der Waals surface area contributed by atoms with E-state index in [2.05, 4.69) is 145 Å². The zero-order chi connectivity index (χ0) is 48.1. The standard InChI is InChI=1S/C24H36O4.C20H32O.C7H10N2.C4H4O3/c1-2-3-4-5-6-7-8-9-10-11-12-13-14-15-16-17-18-19-22-28-24(27)21-20-23(25)26;1-2-3-4-5-6-7-8-9-10-11-12-13-14-15-16-17-18-19-20-21;1-9(2)7-3-5-8-6-4-7;5-3-1-2-4(6)7-3/h3-4,6-7,9-10,12-13,15-16H,2,5,8,11,14,17-22H2,1H3,(H,25,26);3-4,6-7,9-10,12-13,15-16,21H,2,5,8,11,14,17-20H2,1H3;3-6H,1-2H3;1-2H2/b2*4-3-,7-6-,10-9-,13-12-,16-15-;;. The highest BCUT2D eigenvalue weighted by Gasteiger charge is 2.19. The average molecular weight is 899 g/mol. The SMILES string of the molecule is CC/C=C\C/C=C\C/C=C\C/C=C\C/C=C\CCCCO.CC/C=C\C/C=C\C/C=C\C/C=C\C/C=C\CCCCOC(=O)CCC(=O)O.CN(C)c1ccncc1.O=C1CCC(=O)O1. The molecule has 1 saturated heterocycles. The summed E-state index contributed by atoms with van der Waals surface area (Å²) in [6, 6.07) is 3.94. The summed E-state index contributed by atoms with van der Waals surface area (Å²) in [5, 5.41) is 17.1. The number of allylic oxidation sites excluding steroid dienone is 20. The number of ether oxygens (including phenoxy) is 2. The van der Waals surface area contributed by atoms with Crippen molar-refractivity contribution in [3.05, 3.63) is 146 Å². The van der Waals surface area contributed by atoms with Gasteiger partial charge in [-0.2, -0.15) is 0 Å². The van der Waals surface area contributed by atoms with Gasteiger partial charge in [0.05, 0.1) is 32.3 Å². The first kappa shape index (κ1) is 61.5. The Labute approximate surface area is 392 Å². The molecular formula is C55H82N2O8. The van der Waals surface area contributed by atoms with E-state index in [1.54, 1.807) is 12.4 Å². The molecule has 0 unspecified atom stereocenters. The number of carboxylic acids is 1. The van der Waals surface area contributed by atoms with Crippen LogP contribution in [0.3, 0.4) is 0 Å². The lowest BCUT2D eigenvalue weighted by Crippen LogP contribution is -2.08. The lowest BCUT2D eigenvalue weighted by Gasteiger charge is -2.10. The van der Waals surface area contributed by atoms with Gasteiger partial charge >= 0.3 is 23.9 Å².